The molecule has 0 aromatic heterocycles. The summed E-state index contributed by atoms with van der Waals surface area (Å²) in [6, 6.07) is 7.07. The molecule has 0 saturated carbocycles. The van der Waals surface area contributed by atoms with Crippen LogP contribution in [0.2, 0.25) is 0 Å². The third-order valence-corrected chi connectivity index (χ3v) is 4.17. The lowest BCUT2D eigenvalue weighted by Gasteiger charge is -2.33. The minimum Gasteiger partial charge on any atom is -0.492 e. The fraction of sp³-hybridized carbons (Fsp3) is 0.647. The zero-order valence-electron chi connectivity index (χ0n) is 13.1. The first kappa shape index (κ1) is 15.3. The van der Waals surface area contributed by atoms with Crippen molar-refractivity contribution in [1.82, 2.24) is 10.2 Å². The van der Waals surface area contributed by atoms with E-state index in [2.05, 4.69) is 49.2 Å². The number of aryl methyl sites for hydroxylation is 2. The minimum absolute atomic E-state index is 0.677. The van der Waals surface area contributed by atoms with Gasteiger partial charge in [-0.25, -0.2) is 0 Å². The normalized spacial score (nSPS) is 19.3. The lowest BCUT2D eigenvalue weighted by molar-refractivity contribution is 0.144. The van der Waals surface area contributed by atoms with Crippen molar-refractivity contribution >= 4 is 0 Å². The smallest absolute Gasteiger partial charge is 0.122 e. The molecule has 0 bridgehead atoms. The third-order valence-electron chi connectivity index (χ3n) is 4.17. The zero-order chi connectivity index (χ0) is 14.4. The highest BCUT2D eigenvalue weighted by molar-refractivity contribution is 5.35. The third kappa shape index (κ3) is 4.22. The van der Waals surface area contributed by atoms with Crippen LogP contribution in [0, 0.1) is 13.8 Å². The summed E-state index contributed by atoms with van der Waals surface area (Å²) in [4.78, 5) is 2.54. The van der Waals surface area contributed by atoms with Crippen LogP contribution in [-0.2, 0) is 0 Å². The topological polar surface area (TPSA) is 24.5 Å². The fourth-order valence-electron chi connectivity index (χ4n) is 2.88. The summed E-state index contributed by atoms with van der Waals surface area (Å²) in [5, 5.41) is 3.49. The summed E-state index contributed by atoms with van der Waals surface area (Å²) in [5.74, 6) is 1.03. The Morgan fingerprint density at radius 3 is 2.90 bits per heavy atom. The fourth-order valence-corrected chi connectivity index (χ4v) is 2.88. The van der Waals surface area contributed by atoms with Crippen LogP contribution in [-0.4, -0.2) is 43.7 Å². The summed E-state index contributed by atoms with van der Waals surface area (Å²) >= 11 is 0. The molecule has 1 aliphatic heterocycles. The maximum Gasteiger partial charge on any atom is 0.122 e. The molecule has 1 fully saturated rings. The zero-order valence-corrected chi connectivity index (χ0v) is 13.1. The van der Waals surface area contributed by atoms with Gasteiger partial charge in [-0.15, -0.1) is 0 Å². The molecule has 1 aromatic rings. The van der Waals surface area contributed by atoms with Gasteiger partial charge in [0.25, 0.3) is 0 Å². The highest BCUT2D eigenvalue weighted by Gasteiger charge is 2.19. The van der Waals surface area contributed by atoms with Gasteiger partial charge < -0.3 is 10.1 Å². The molecule has 1 saturated heterocycles. The Morgan fingerprint density at radius 2 is 2.20 bits per heavy atom. The Bertz CT molecular complexity index is 413. The first-order valence-electron chi connectivity index (χ1n) is 7.85. The summed E-state index contributed by atoms with van der Waals surface area (Å²) in [7, 11) is 0. The first-order chi connectivity index (χ1) is 9.70. The van der Waals surface area contributed by atoms with Crippen LogP contribution >= 0.6 is 0 Å². The van der Waals surface area contributed by atoms with Gasteiger partial charge in [-0.2, -0.15) is 0 Å². The molecule has 3 nitrogen and oxygen atoms in total. The largest absolute Gasteiger partial charge is 0.492 e. The quantitative estimate of drug-likeness (QED) is 0.864. The van der Waals surface area contributed by atoms with E-state index in [1.807, 2.05) is 0 Å². The first-order valence-corrected chi connectivity index (χ1v) is 7.85. The molecule has 1 aromatic carbocycles. The number of hydrogen-bond donors (Lipinski definition) is 1. The van der Waals surface area contributed by atoms with Crippen molar-refractivity contribution in [2.45, 2.75) is 39.7 Å². The molecule has 1 N–H and O–H groups in total. The Morgan fingerprint density at radius 1 is 1.35 bits per heavy atom. The molecular formula is C17H28N2O. The van der Waals surface area contributed by atoms with E-state index in [1.54, 1.807) is 0 Å². The number of piperidine rings is 1. The van der Waals surface area contributed by atoms with Crippen LogP contribution in [0.25, 0.3) is 0 Å². The molecule has 1 atom stereocenters. The molecule has 112 valence electrons. The molecule has 1 aliphatic rings. The van der Waals surface area contributed by atoms with Crippen molar-refractivity contribution in [2.75, 3.05) is 32.8 Å². The average molecular weight is 276 g/mol. The monoisotopic (exact) mass is 276 g/mol. The van der Waals surface area contributed by atoms with Gasteiger partial charge in [0.05, 0.1) is 0 Å². The standard InChI is InChI=1S/C17H28N2O/c1-4-19(16-6-5-9-18-13-16)10-11-20-17-12-14(2)7-8-15(17)3/h7-8,12,16,18H,4-6,9-11,13H2,1-3H3. The van der Waals surface area contributed by atoms with E-state index in [0.717, 1.165) is 32.0 Å². The van der Waals surface area contributed by atoms with E-state index >= 15 is 0 Å². The Hall–Kier alpha value is -1.06. The minimum atomic E-state index is 0.677. The van der Waals surface area contributed by atoms with Crippen molar-refractivity contribution < 1.29 is 4.74 Å². The van der Waals surface area contributed by atoms with Crippen molar-refractivity contribution in [3.63, 3.8) is 0 Å². The lowest BCUT2D eigenvalue weighted by Crippen LogP contribution is -2.47. The second-order valence-electron chi connectivity index (χ2n) is 5.75. The second-order valence-corrected chi connectivity index (χ2v) is 5.75. The number of rotatable bonds is 6. The van der Waals surface area contributed by atoms with Crippen molar-refractivity contribution in [1.29, 1.82) is 0 Å². The van der Waals surface area contributed by atoms with E-state index in [1.165, 1.54) is 30.5 Å². The summed E-state index contributed by atoms with van der Waals surface area (Å²) in [6.45, 7) is 11.6. The molecule has 0 aliphatic carbocycles. The molecule has 20 heavy (non-hydrogen) atoms. The number of hydrogen-bond acceptors (Lipinski definition) is 3. The van der Waals surface area contributed by atoms with Crippen LogP contribution < -0.4 is 10.1 Å². The molecule has 0 spiro atoms. The Kier molecular flexibility index (Phi) is 5.86. The van der Waals surface area contributed by atoms with Gasteiger partial charge in [-0.05, 0) is 57.0 Å². The summed E-state index contributed by atoms with van der Waals surface area (Å²) < 4.78 is 5.98. The van der Waals surface area contributed by atoms with E-state index in [-0.39, 0.29) is 0 Å². The average Bonchev–Trinajstić information content (AvgIpc) is 2.48. The highest BCUT2D eigenvalue weighted by Crippen LogP contribution is 2.19. The number of likely N-dealkylation sites (N-methyl/N-ethyl adjacent to an activating group) is 1. The van der Waals surface area contributed by atoms with E-state index in [9.17, 15) is 0 Å². The van der Waals surface area contributed by atoms with E-state index < -0.39 is 0 Å². The lowest BCUT2D eigenvalue weighted by atomic mass is 10.1. The van der Waals surface area contributed by atoms with Gasteiger partial charge in [0.15, 0.2) is 0 Å². The van der Waals surface area contributed by atoms with Gasteiger partial charge in [0, 0.05) is 19.1 Å². The summed E-state index contributed by atoms with van der Waals surface area (Å²) in [5.41, 5.74) is 2.48. The van der Waals surface area contributed by atoms with Gasteiger partial charge in [0.2, 0.25) is 0 Å². The maximum absolute atomic E-state index is 5.98. The van der Waals surface area contributed by atoms with Gasteiger partial charge >= 0.3 is 0 Å². The highest BCUT2D eigenvalue weighted by atomic mass is 16.5. The maximum atomic E-state index is 5.98. The SMILES string of the molecule is CCN(CCOc1cc(C)ccc1C)C1CCCNC1. The molecule has 2 rings (SSSR count). The molecule has 1 heterocycles. The molecule has 0 amide bonds. The Balaban J connectivity index is 1.82. The van der Waals surface area contributed by atoms with Gasteiger partial charge in [-0.1, -0.05) is 19.1 Å². The Labute approximate surface area is 123 Å². The number of nitrogens with one attached hydrogen (secondary N) is 1. The number of nitrogens with zero attached hydrogens (tertiary/aromatic N) is 1. The molecule has 3 heteroatoms. The van der Waals surface area contributed by atoms with Crippen LogP contribution in [0.3, 0.4) is 0 Å². The van der Waals surface area contributed by atoms with E-state index in [4.69, 9.17) is 4.74 Å². The van der Waals surface area contributed by atoms with Crippen molar-refractivity contribution in [3.8, 4) is 5.75 Å². The molecule has 0 radical (unpaired) electrons. The van der Waals surface area contributed by atoms with Crippen LogP contribution in [0.4, 0.5) is 0 Å². The van der Waals surface area contributed by atoms with Gasteiger partial charge in [-0.3, -0.25) is 4.90 Å². The van der Waals surface area contributed by atoms with Crippen molar-refractivity contribution in [2.24, 2.45) is 0 Å². The molecule has 1 unspecified atom stereocenters. The van der Waals surface area contributed by atoms with E-state index in [0.29, 0.717) is 6.04 Å². The number of ether oxygens (including phenoxy) is 1. The van der Waals surface area contributed by atoms with Crippen molar-refractivity contribution in [3.05, 3.63) is 29.3 Å². The molecular weight excluding hydrogens is 248 g/mol. The van der Waals surface area contributed by atoms with Crippen LogP contribution in [0.1, 0.15) is 30.9 Å². The van der Waals surface area contributed by atoms with Gasteiger partial charge in [0.1, 0.15) is 12.4 Å². The predicted molar refractivity (Wildman–Crippen MR) is 84.5 cm³/mol. The van der Waals surface area contributed by atoms with Crippen LogP contribution in [0.15, 0.2) is 18.2 Å². The predicted octanol–water partition coefficient (Wildman–Crippen LogP) is 2.76. The number of benzene rings is 1. The second kappa shape index (κ2) is 7.65. The van der Waals surface area contributed by atoms with Crippen LogP contribution in [0.5, 0.6) is 5.75 Å². The summed E-state index contributed by atoms with van der Waals surface area (Å²) in [6.07, 6.45) is 2.60.